The summed E-state index contributed by atoms with van der Waals surface area (Å²) < 4.78 is 77.5. The van der Waals surface area contributed by atoms with E-state index in [0.717, 1.165) is 48.5 Å². The van der Waals surface area contributed by atoms with Gasteiger partial charge < -0.3 is 4.74 Å². The van der Waals surface area contributed by atoms with Crippen LogP contribution in [0.5, 0.6) is 0 Å². The van der Waals surface area contributed by atoms with E-state index in [1.54, 1.807) is 13.8 Å². The Morgan fingerprint density at radius 3 is 1.38 bits per heavy atom. The summed E-state index contributed by atoms with van der Waals surface area (Å²) in [5.41, 5.74) is -1.42. The second kappa shape index (κ2) is 9.78. The van der Waals surface area contributed by atoms with E-state index in [-0.39, 0.29) is 17.2 Å². The first-order valence-corrected chi connectivity index (χ1v) is 8.35. The molecule has 0 bridgehead atoms. The molecule has 0 N–H and O–H groups in total. The lowest BCUT2D eigenvalue weighted by Crippen LogP contribution is -2.12. The molecule has 158 valence electrons. The number of rotatable bonds is 3. The minimum Gasteiger partial charge on any atom is -0.459 e. The molecule has 0 aliphatic carbocycles. The number of hydrogen-bond donors (Lipinski definition) is 0. The molecule has 0 saturated heterocycles. The van der Waals surface area contributed by atoms with Crippen molar-refractivity contribution in [2.45, 2.75) is 32.3 Å². The van der Waals surface area contributed by atoms with Gasteiger partial charge in [0.25, 0.3) is 5.24 Å². The average molecular weight is 441 g/mol. The van der Waals surface area contributed by atoms with Gasteiger partial charge in [-0.05, 0) is 74.0 Å². The lowest BCUT2D eigenvalue weighted by molar-refractivity contribution is -0.138. The van der Waals surface area contributed by atoms with E-state index in [0.29, 0.717) is 0 Å². The van der Waals surface area contributed by atoms with Gasteiger partial charge in [-0.3, -0.25) is 4.79 Å². The van der Waals surface area contributed by atoms with Crippen LogP contribution in [0.1, 0.15) is 45.7 Å². The quantitative estimate of drug-likeness (QED) is 0.317. The van der Waals surface area contributed by atoms with E-state index in [1.165, 1.54) is 0 Å². The largest absolute Gasteiger partial charge is 0.459 e. The summed E-state index contributed by atoms with van der Waals surface area (Å²) in [6.07, 6.45) is -9.07. The van der Waals surface area contributed by atoms with Crippen LogP contribution in [0.4, 0.5) is 26.3 Å². The number of carbonyl (C=O) groups excluding carboxylic acids is 2. The van der Waals surface area contributed by atoms with Gasteiger partial charge in [-0.25, -0.2) is 4.79 Å². The van der Waals surface area contributed by atoms with Gasteiger partial charge in [-0.1, -0.05) is 0 Å². The highest BCUT2D eigenvalue weighted by molar-refractivity contribution is 6.67. The lowest BCUT2D eigenvalue weighted by atomic mass is 10.1. The fraction of sp³-hybridized carbons (Fsp3) is 0.263. The standard InChI is InChI=1S/C11H11F3O2.C8H4ClF3O/c1-7(2)16-10(15)8-3-5-9(6-4-8)11(12,13)14;9-7(13)5-1-3-6(4-2-5)8(10,11)12/h3-7H,1-2H3;1-4H. The number of carbonyl (C=O) groups is 2. The van der Waals surface area contributed by atoms with Gasteiger partial charge in [0.2, 0.25) is 0 Å². The first-order chi connectivity index (χ1) is 13.2. The number of hydrogen-bond acceptors (Lipinski definition) is 3. The monoisotopic (exact) mass is 440 g/mol. The molecule has 0 spiro atoms. The van der Waals surface area contributed by atoms with Crippen molar-refractivity contribution < 1.29 is 40.7 Å². The fourth-order valence-corrected chi connectivity index (χ4v) is 1.99. The second-order valence-electron chi connectivity index (χ2n) is 5.88. The van der Waals surface area contributed by atoms with Gasteiger partial charge in [-0.15, -0.1) is 0 Å². The van der Waals surface area contributed by atoms with Crippen molar-refractivity contribution in [2.75, 3.05) is 0 Å². The van der Waals surface area contributed by atoms with Crippen LogP contribution in [-0.2, 0) is 17.1 Å². The van der Waals surface area contributed by atoms with Gasteiger partial charge in [0, 0.05) is 5.56 Å². The minimum absolute atomic E-state index is 0.0506. The van der Waals surface area contributed by atoms with Crippen LogP contribution < -0.4 is 0 Å². The highest BCUT2D eigenvalue weighted by Gasteiger charge is 2.31. The van der Waals surface area contributed by atoms with E-state index in [2.05, 4.69) is 0 Å². The molecule has 3 nitrogen and oxygen atoms in total. The van der Waals surface area contributed by atoms with Crippen molar-refractivity contribution in [2.24, 2.45) is 0 Å². The number of halogens is 7. The van der Waals surface area contributed by atoms with Crippen LogP contribution >= 0.6 is 11.6 Å². The van der Waals surface area contributed by atoms with Crippen LogP contribution in [0.3, 0.4) is 0 Å². The highest BCUT2D eigenvalue weighted by Crippen LogP contribution is 2.30. The van der Waals surface area contributed by atoms with E-state index < -0.39 is 34.7 Å². The first kappa shape index (κ1) is 24.5. The molecule has 0 radical (unpaired) electrons. The van der Waals surface area contributed by atoms with Crippen LogP contribution in [-0.4, -0.2) is 17.3 Å². The minimum atomic E-state index is -4.39. The molecule has 0 aromatic heterocycles. The molecular weight excluding hydrogens is 426 g/mol. The molecule has 0 aliphatic heterocycles. The second-order valence-corrected chi connectivity index (χ2v) is 6.22. The van der Waals surface area contributed by atoms with Crippen molar-refractivity contribution >= 4 is 22.8 Å². The van der Waals surface area contributed by atoms with Crippen LogP contribution in [0, 0.1) is 0 Å². The Labute approximate surface area is 167 Å². The molecule has 0 amide bonds. The number of benzene rings is 2. The summed E-state index contributed by atoms with van der Waals surface area (Å²) >= 11 is 5.05. The Morgan fingerprint density at radius 1 is 0.759 bits per heavy atom. The Kier molecular flexibility index (Phi) is 8.25. The number of esters is 1. The third-order valence-corrected chi connectivity index (χ3v) is 3.45. The van der Waals surface area contributed by atoms with E-state index >= 15 is 0 Å². The Morgan fingerprint density at radius 2 is 1.10 bits per heavy atom. The maximum absolute atomic E-state index is 12.2. The molecule has 0 unspecified atom stereocenters. The molecule has 2 aromatic rings. The number of alkyl halides is 6. The third-order valence-electron chi connectivity index (χ3n) is 3.23. The van der Waals surface area contributed by atoms with Crippen molar-refractivity contribution in [3.8, 4) is 0 Å². The van der Waals surface area contributed by atoms with Crippen LogP contribution in [0.15, 0.2) is 48.5 Å². The molecule has 0 aliphatic rings. The van der Waals surface area contributed by atoms with Crippen molar-refractivity contribution in [1.82, 2.24) is 0 Å². The summed E-state index contributed by atoms with van der Waals surface area (Å²) in [5, 5.41) is -0.770. The zero-order valence-electron chi connectivity index (χ0n) is 15.1. The summed E-state index contributed by atoms with van der Waals surface area (Å²) in [6.45, 7) is 3.34. The van der Waals surface area contributed by atoms with Crippen molar-refractivity contribution in [1.29, 1.82) is 0 Å². The molecule has 0 atom stereocenters. The zero-order valence-corrected chi connectivity index (χ0v) is 15.8. The topological polar surface area (TPSA) is 43.4 Å². The smallest absolute Gasteiger partial charge is 0.416 e. The lowest BCUT2D eigenvalue weighted by Gasteiger charge is -2.09. The van der Waals surface area contributed by atoms with Gasteiger partial charge in [0.05, 0.1) is 22.8 Å². The molecule has 2 aromatic carbocycles. The molecule has 0 fully saturated rings. The molecular formula is C19H15ClF6O3. The van der Waals surface area contributed by atoms with Gasteiger partial charge in [0.1, 0.15) is 0 Å². The SMILES string of the molecule is CC(C)OC(=O)c1ccc(C(F)(F)F)cc1.O=C(Cl)c1ccc(C(F)(F)F)cc1. The predicted octanol–water partition coefficient (Wildman–Crippen LogP) is 6.36. The Balaban J connectivity index is 0.000000296. The van der Waals surface area contributed by atoms with E-state index in [4.69, 9.17) is 16.3 Å². The molecule has 10 heteroatoms. The van der Waals surface area contributed by atoms with Crippen molar-refractivity contribution in [3.63, 3.8) is 0 Å². The van der Waals surface area contributed by atoms with Crippen LogP contribution in [0.25, 0.3) is 0 Å². The molecule has 0 saturated carbocycles. The van der Waals surface area contributed by atoms with Crippen LogP contribution in [0.2, 0.25) is 0 Å². The summed E-state index contributed by atoms with van der Waals surface area (Å²) in [7, 11) is 0. The average Bonchev–Trinajstić information content (AvgIpc) is 2.60. The maximum atomic E-state index is 12.2. The zero-order chi connectivity index (χ0) is 22.4. The highest BCUT2D eigenvalue weighted by atomic mass is 35.5. The number of ether oxygens (including phenoxy) is 1. The van der Waals surface area contributed by atoms with Crippen molar-refractivity contribution in [3.05, 3.63) is 70.8 Å². The summed E-state index contributed by atoms with van der Waals surface area (Å²) in [5.74, 6) is -0.622. The Hall–Kier alpha value is -2.55. The normalized spacial score (nSPS) is 11.5. The maximum Gasteiger partial charge on any atom is 0.416 e. The fourth-order valence-electron chi connectivity index (χ4n) is 1.87. The molecule has 29 heavy (non-hydrogen) atoms. The summed E-state index contributed by atoms with van der Waals surface area (Å²) in [4.78, 5) is 21.8. The Bertz CT molecular complexity index is 825. The first-order valence-electron chi connectivity index (χ1n) is 7.97. The molecule has 0 heterocycles. The predicted molar refractivity (Wildman–Crippen MR) is 93.6 cm³/mol. The van der Waals surface area contributed by atoms with Gasteiger partial charge in [0.15, 0.2) is 0 Å². The van der Waals surface area contributed by atoms with Gasteiger partial charge >= 0.3 is 18.3 Å². The summed E-state index contributed by atoms with van der Waals surface area (Å²) in [6, 6.07) is 7.64. The third kappa shape index (κ3) is 8.15. The van der Waals surface area contributed by atoms with Gasteiger partial charge in [-0.2, -0.15) is 26.3 Å². The molecule has 2 rings (SSSR count). The van der Waals surface area contributed by atoms with E-state index in [1.807, 2.05) is 0 Å². The van der Waals surface area contributed by atoms with E-state index in [9.17, 15) is 35.9 Å².